The van der Waals surface area contributed by atoms with Crippen molar-refractivity contribution in [1.82, 2.24) is 0 Å². The van der Waals surface area contributed by atoms with Crippen LogP contribution in [0.3, 0.4) is 0 Å². The smallest absolute Gasteiger partial charge is 0.285 e. The van der Waals surface area contributed by atoms with Crippen molar-refractivity contribution < 1.29 is 9.31 Å². The molecule has 18 heavy (non-hydrogen) atoms. The van der Waals surface area contributed by atoms with Gasteiger partial charge in [-0.05, 0) is 11.5 Å². The second-order valence-electron chi connectivity index (χ2n) is 4.23. The SMILES string of the molecule is [N-]=N/N=C/OC[N+]1=CCC(c2ccccc2)CC1. The molecule has 1 heterocycles. The van der Waals surface area contributed by atoms with E-state index in [1.807, 2.05) is 6.07 Å². The third kappa shape index (κ3) is 3.48. The molecule has 0 bridgehead atoms. The van der Waals surface area contributed by atoms with Gasteiger partial charge in [0.2, 0.25) is 0 Å². The third-order valence-corrected chi connectivity index (χ3v) is 3.10. The van der Waals surface area contributed by atoms with Crippen LogP contribution in [0.4, 0.5) is 0 Å². The fourth-order valence-electron chi connectivity index (χ4n) is 2.14. The van der Waals surface area contributed by atoms with Crippen LogP contribution in [0, 0.1) is 0 Å². The number of nitrogens with zero attached hydrogens (tertiary/aromatic N) is 4. The van der Waals surface area contributed by atoms with Crippen LogP contribution >= 0.6 is 0 Å². The summed E-state index contributed by atoms with van der Waals surface area (Å²) in [6.07, 6.45) is 5.43. The van der Waals surface area contributed by atoms with Crippen LogP contribution < -0.4 is 0 Å². The standard InChI is InChI=1S/C13H16N4O/c14-16-15-10-18-11-17-8-6-13(7-9-17)12-4-2-1-3-5-12/h1-5,8,10,13H,6-7,9,11H2/b15-10+. The molecule has 0 radical (unpaired) electrons. The molecular formula is C13H16N4O. The van der Waals surface area contributed by atoms with Gasteiger partial charge < -0.3 is 15.4 Å². The molecule has 0 aliphatic carbocycles. The Hall–Kier alpha value is -2.04. The molecule has 5 nitrogen and oxygen atoms in total. The minimum atomic E-state index is 0.445. The Labute approximate surface area is 106 Å². The topological polar surface area (TPSA) is 59.3 Å². The molecule has 0 amide bonds. The molecule has 2 rings (SSSR count). The molecule has 0 N–H and O–H groups in total. The van der Waals surface area contributed by atoms with Crippen molar-refractivity contribution in [3.63, 3.8) is 0 Å². The third-order valence-electron chi connectivity index (χ3n) is 3.10. The van der Waals surface area contributed by atoms with Gasteiger partial charge >= 0.3 is 0 Å². The summed E-state index contributed by atoms with van der Waals surface area (Å²) in [6, 6.07) is 10.6. The van der Waals surface area contributed by atoms with E-state index in [1.54, 1.807) is 0 Å². The van der Waals surface area contributed by atoms with Crippen LogP contribution in [0.15, 0.2) is 40.7 Å². The van der Waals surface area contributed by atoms with Crippen LogP contribution in [0.2, 0.25) is 0 Å². The summed E-state index contributed by atoms with van der Waals surface area (Å²) in [5.41, 5.74) is 9.49. The van der Waals surface area contributed by atoms with E-state index < -0.39 is 0 Å². The molecule has 1 aliphatic rings. The van der Waals surface area contributed by atoms with Gasteiger partial charge in [-0.3, -0.25) is 5.22 Å². The summed E-state index contributed by atoms with van der Waals surface area (Å²) in [4.78, 5) is 0. The number of ether oxygens (including phenoxy) is 1. The van der Waals surface area contributed by atoms with Crippen LogP contribution in [-0.2, 0) is 4.74 Å². The summed E-state index contributed by atoms with van der Waals surface area (Å²) in [5.74, 6) is 0.601. The molecule has 0 spiro atoms. The molecule has 0 fully saturated rings. The maximum Gasteiger partial charge on any atom is 0.285 e. The highest BCUT2D eigenvalue weighted by Gasteiger charge is 2.20. The van der Waals surface area contributed by atoms with Gasteiger partial charge in [-0.1, -0.05) is 30.3 Å². The second kappa shape index (κ2) is 6.64. The van der Waals surface area contributed by atoms with Gasteiger partial charge in [-0.2, -0.15) is 0 Å². The Bertz CT molecular complexity index is 442. The van der Waals surface area contributed by atoms with E-state index in [9.17, 15) is 0 Å². The zero-order chi connectivity index (χ0) is 12.6. The molecule has 1 aromatic rings. The maximum atomic E-state index is 8.09. The molecule has 1 atom stereocenters. The molecule has 94 valence electrons. The van der Waals surface area contributed by atoms with E-state index in [0.29, 0.717) is 12.6 Å². The molecule has 1 aromatic carbocycles. The van der Waals surface area contributed by atoms with Crippen LogP contribution in [0.5, 0.6) is 0 Å². The fraction of sp³-hybridized carbons (Fsp3) is 0.385. The monoisotopic (exact) mass is 244 g/mol. The minimum absolute atomic E-state index is 0.445. The van der Waals surface area contributed by atoms with E-state index in [4.69, 9.17) is 10.3 Å². The van der Waals surface area contributed by atoms with Crippen LogP contribution in [0.25, 0.3) is 5.53 Å². The first-order valence-electron chi connectivity index (χ1n) is 6.00. The Morgan fingerprint density at radius 2 is 2.22 bits per heavy atom. The van der Waals surface area contributed by atoms with E-state index in [-0.39, 0.29) is 0 Å². The van der Waals surface area contributed by atoms with Gasteiger partial charge in [0.1, 0.15) is 12.8 Å². The highest BCUT2D eigenvalue weighted by atomic mass is 16.5. The average molecular weight is 244 g/mol. The number of hydrogen-bond donors (Lipinski definition) is 0. The summed E-state index contributed by atoms with van der Waals surface area (Å²) in [5, 5.41) is 5.80. The summed E-state index contributed by atoms with van der Waals surface area (Å²) >= 11 is 0. The van der Waals surface area contributed by atoms with Gasteiger partial charge in [-0.25, -0.2) is 4.58 Å². The van der Waals surface area contributed by atoms with E-state index in [2.05, 4.69) is 45.4 Å². The van der Waals surface area contributed by atoms with Crippen LogP contribution in [-0.4, -0.2) is 30.5 Å². The largest absolute Gasteiger partial charge is 0.447 e. The molecule has 0 aromatic heterocycles. The number of hydrogen-bond acceptors (Lipinski definition) is 2. The lowest BCUT2D eigenvalue weighted by atomic mass is 9.91. The van der Waals surface area contributed by atoms with Crippen molar-refractivity contribution in [3.8, 4) is 0 Å². The normalized spacial score (nSPS) is 19.6. The Morgan fingerprint density at radius 1 is 1.39 bits per heavy atom. The summed E-state index contributed by atoms with van der Waals surface area (Å²) in [6.45, 7) is 1.41. The van der Waals surface area contributed by atoms with Crippen molar-refractivity contribution in [2.75, 3.05) is 13.3 Å². The number of benzene rings is 1. The predicted molar refractivity (Wildman–Crippen MR) is 69.8 cm³/mol. The lowest BCUT2D eigenvalue weighted by Gasteiger charge is -2.18. The quantitative estimate of drug-likeness (QED) is 0.258. The van der Waals surface area contributed by atoms with Crippen molar-refractivity contribution in [2.24, 2.45) is 10.3 Å². The molecule has 5 heteroatoms. The first-order valence-corrected chi connectivity index (χ1v) is 6.00. The highest BCUT2D eigenvalue weighted by Crippen LogP contribution is 2.24. The van der Waals surface area contributed by atoms with Crippen molar-refractivity contribution in [3.05, 3.63) is 41.4 Å². The van der Waals surface area contributed by atoms with Crippen molar-refractivity contribution in [1.29, 1.82) is 0 Å². The lowest BCUT2D eigenvalue weighted by molar-refractivity contribution is -0.560. The molecule has 0 saturated heterocycles. The highest BCUT2D eigenvalue weighted by molar-refractivity contribution is 5.54. The summed E-state index contributed by atoms with van der Waals surface area (Å²) < 4.78 is 7.20. The van der Waals surface area contributed by atoms with Crippen molar-refractivity contribution >= 4 is 12.6 Å². The average Bonchev–Trinajstić information content (AvgIpc) is 2.45. The van der Waals surface area contributed by atoms with Gasteiger partial charge in [0, 0.05) is 12.8 Å². The minimum Gasteiger partial charge on any atom is -0.447 e. The van der Waals surface area contributed by atoms with Gasteiger partial charge in [0.15, 0.2) is 0 Å². The van der Waals surface area contributed by atoms with Gasteiger partial charge in [0.05, 0.1) is 6.40 Å². The molecule has 0 saturated carbocycles. The lowest BCUT2D eigenvalue weighted by Crippen LogP contribution is -2.25. The summed E-state index contributed by atoms with van der Waals surface area (Å²) in [7, 11) is 0. The van der Waals surface area contributed by atoms with Crippen molar-refractivity contribution in [2.45, 2.75) is 18.8 Å². The van der Waals surface area contributed by atoms with E-state index >= 15 is 0 Å². The fourth-order valence-corrected chi connectivity index (χ4v) is 2.14. The molecule has 1 aliphatic heterocycles. The first-order chi connectivity index (χ1) is 8.90. The first kappa shape index (κ1) is 12.4. The van der Waals surface area contributed by atoms with Gasteiger partial charge in [-0.15, -0.1) is 0 Å². The second-order valence-corrected chi connectivity index (χ2v) is 4.23. The Kier molecular flexibility index (Phi) is 4.58. The van der Waals surface area contributed by atoms with E-state index in [0.717, 1.165) is 25.8 Å². The Balaban J connectivity index is 1.84. The molecule has 1 unspecified atom stereocenters. The number of rotatable bonds is 5. The van der Waals surface area contributed by atoms with Gasteiger partial charge in [0.25, 0.3) is 6.73 Å². The van der Waals surface area contributed by atoms with E-state index in [1.165, 1.54) is 5.56 Å². The van der Waals surface area contributed by atoms with Crippen LogP contribution in [0.1, 0.15) is 24.3 Å². The maximum absolute atomic E-state index is 8.09. The zero-order valence-electron chi connectivity index (χ0n) is 10.1. The zero-order valence-corrected chi connectivity index (χ0v) is 10.1. The Morgan fingerprint density at radius 3 is 2.89 bits per heavy atom. The predicted octanol–water partition coefficient (Wildman–Crippen LogP) is 2.59. The molecular weight excluding hydrogens is 228 g/mol.